The van der Waals surface area contributed by atoms with E-state index in [9.17, 15) is 14.4 Å². The number of amides is 1. The Morgan fingerprint density at radius 2 is 1.74 bits per heavy atom. The number of carbonyl (C=O) groups excluding carboxylic acids is 3. The quantitative estimate of drug-likeness (QED) is 0.552. The first-order valence-electron chi connectivity index (χ1n) is 8.15. The molecule has 0 saturated carbocycles. The zero-order chi connectivity index (χ0) is 19.1. The molecule has 27 heavy (non-hydrogen) atoms. The van der Waals surface area contributed by atoms with Gasteiger partial charge in [0.25, 0.3) is 5.91 Å². The normalized spacial score (nSPS) is 11.6. The minimum atomic E-state index is -0.725. The number of fused-ring (bicyclic) bond motifs is 1. The lowest BCUT2D eigenvalue weighted by molar-refractivity contribution is -0.143. The molecule has 0 unspecified atom stereocenters. The molecule has 8 nitrogen and oxygen atoms in total. The Hall–Kier alpha value is -3.55. The van der Waals surface area contributed by atoms with Crippen LogP contribution in [0.25, 0.3) is 0 Å². The molecule has 1 aliphatic rings. The average Bonchev–Trinajstić information content (AvgIpc) is 3.17. The molecule has 3 rings (SSSR count). The van der Waals surface area contributed by atoms with Crippen LogP contribution in [0.5, 0.6) is 17.2 Å². The maximum absolute atomic E-state index is 12.1. The smallest absolute Gasteiger partial charge is 0.325 e. The van der Waals surface area contributed by atoms with Crippen LogP contribution in [0.15, 0.2) is 48.5 Å². The Morgan fingerprint density at radius 1 is 0.963 bits per heavy atom. The van der Waals surface area contributed by atoms with Gasteiger partial charge in [-0.3, -0.25) is 14.4 Å². The zero-order valence-corrected chi connectivity index (χ0v) is 14.3. The SMILES string of the molecule is O=C(COc1ccccc1)NCC(=O)OCC(=O)c1ccc2c(c1)OCO2. The number of esters is 1. The molecule has 2 aromatic carbocycles. The number of benzene rings is 2. The summed E-state index contributed by atoms with van der Waals surface area (Å²) in [6, 6.07) is 13.5. The number of nitrogens with one attached hydrogen (secondary N) is 1. The third kappa shape index (κ3) is 5.21. The Kier molecular flexibility index (Phi) is 5.88. The molecule has 1 heterocycles. The second-order valence-corrected chi connectivity index (χ2v) is 5.53. The van der Waals surface area contributed by atoms with E-state index in [1.165, 1.54) is 6.07 Å². The summed E-state index contributed by atoms with van der Waals surface area (Å²) in [5.74, 6) is -0.0122. The molecule has 0 aliphatic carbocycles. The van der Waals surface area contributed by atoms with Gasteiger partial charge in [-0.2, -0.15) is 0 Å². The second-order valence-electron chi connectivity index (χ2n) is 5.53. The van der Waals surface area contributed by atoms with E-state index >= 15 is 0 Å². The summed E-state index contributed by atoms with van der Waals surface area (Å²) in [5, 5.41) is 2.36. The van der Waals surface area contributed by atoms with Crippen molar-refractivity contribution in [2.45, 2.75) is 0 Å². The van der Waals surface area contributed by atoms with Gasteiger partial charge in [0.1, 0.15) is 12.3 Å². The van der Waals surface area contributed by atoms with Crippen LogP contribution < -0.4 is 19.5 Å². The number of Topliss-reactive ketones (excluding diaryl/α,β-unsaturated/α-hetero) is 1. The van der Waals surface area contributed by atoms with E-state index in [-0.39, 0.29) is 25.7 Å². The third-order valence-corrected chi connectivity index (χ3v) is 3.60. The summed E-state index contributed by atoms with van der Waals surface area (Å²) >= 11 is 0. The van der Waals surface area contributed by atoms with Crippen LogP contribution in [-0.2, 0) is 14.3 Å². The van der Waals surface area contributed by atoms with Gasteiger partial charge in [0.15, 0.2) is 30.5 Å². The molecule has 0 saturated heterocycles. The van der Waals surface area contributed by atoms with E-state index < -0.39 is 18.5 Å². The van der Waals surface area contributed by atoms with E-state index in [4.69, 9.17) is 18.9 Å². The first-order valence-corrected chi connectivity index (χ1v) is 8.15. The fourth-order valence-electron chi connectivity index (χ4n) is 2.24. The predicted octanol–water partition coefficient (Wildman–Crippen LogP) is 1.34. The van der Waals surface area contributed by atoms with Gasteiger partial charge in [0.2, 0.25) is 6.79 Å². The van der Waals surface area contributed by atoms with Gasteiger partial charge in [-0.25, -0.2) is 0 Å². The van der Waals surface area contributed by atoms with Crippen molar-refractivity contribution in [1.82, 2.24) is 5.32 Å². The summed E-state index contributed by atoms with van der Waals surface area (Å²) in [6.45, 7) is -0.913. The fraction of sp³-hybridized carbons (Fsp3) is 0.211. The topological polar surface area (TPSA) is 100 Å². The highest BCUT2D eigenvalue weighted by atomic mass is 16.7. The number of para-hydroxylation sites is 1. The van der Waals surface area contributed by atoms with Gasteiger partial charge >= 0.3 is 5.97 Å². The number of ether oxygens (including phenoxy) is 4. The van der Waals surface area contributed by atoms with Crippen molar-refractivity contribution in [2.24, 2.45) is 0 Å². The number of ketones is 1. The molecule has 1 aliphatic heterocycles. The Bertz CT molecular complexity index is 835. The zero-order valence-electron chi connectivity index (χ0n) is 14.3. The highest BCUT2D eigenvalue weighted by molar-refractivity contribution is 5.98. The lowest BCUT2D eigenvalue weighted by Crippen LogP contribution is -2.34. The van der Waals surface area contributed by atoms with Crippen LogP contribution in [0.4, 0.5) is 0 Å². The van der Waals surface area contributed by atoms with Gasteiger partial charge in [0, 0.05) is 5.56 Å². The van der Waals surface area contributed by atoms with Crippen LogP contribution >= 0.6 is 0 Å². The highest BCUT2D eigenvalue weighted by Crippen LogP contribution is 2.32. The summed E-state index contributed by atoms with van der Waals surface area (Å²) in [6.07, 6.45) is 0. The average molecular weight is 371 g/mol. The number of rotatable bonds is 8. The number of hydrogen-bond donors (Lipinski definition) is 1. The fourth-order valence-corrected chi connectivity index (χ4v) is 2.24. The van der Waals surface area contributed by atoms with Crippen molar-refractivity contribution in [3.8, 4) is 17.2 Å². The van der Waals surface area contributed by atoms with E-state index in [1.54, 1.807) is 36.4 Å². The largest absolute Gasteiger partial charge is 0.484 e. The summed E-state index contributed by atoms with van der Waals surface area (Å²) in [4.78, 5) is 35.4. The molecule has 140 valence electrons. The molecule has 8 heteroatoms. The maximum Gasteiger partial charge on any atom is 0.325 e. The molecule has 1 amide bonds. The van der Waals surface area contributed by atoms with Gasteiger partial charge in [-0.05, 0) is 30.3 Å². The van der Waals surface area contributed by atoms with Crippen LogP contribution in [0.3, 0.4) is 0 Å². The van der Waals surface area contributed by atoms with Crippen molar-refractivity contribution in [3.63, 3.8) is 0 Å². The second kappa shape index (κ2) is 8.70. The van der Waals surface area contributed by atoms with Crippen molar-refractivity contribution in [1.29, 1.82) is 0 Å². The molecule has 0 fully saturated rings. The van der Waals surface area contributed by atoms with E-state index in [0.29, 0.717) is 22.8 Å². The maximum atomic E-state index is 12.1. The molecule has 0 bridgehead atoms. The van der Waals surface area contributed by atoms with Gasteiger partial charge in [-0.1, -0.05) is 18.2 Å². The molecule has 0 atom stereocenters. The van der Waals surface area contributed by atoms with E-state index in [0.717, 1.165) is 0 Å². The van der Waals surface area contributed by atoms with Crippen molar-refractivity contribution in [3.05, 3.63) is 54.1 Å². The van der Waals surface area contributed by atoms with Crippen LogP contribution in [-0.4, -0.2) is 44.2 Å². The van der Waals surface area contributed by atoms with Gasteiger partial charge < -0.3 is 24.3 Å². The first kappa shape index (κ1) is 18.2. The molecule has 1 N–H and O–H groups in total. The minimum Gasteiger partial charge on any atom is -0.484 e. The molecule has 0 spiro atoms. The lowest BCUT2D eigenvalue weighted by Gasteiger charge is -2.08. The molecular weight excluding hydrogens is 354 g/mol. The summed E-state index contributed by atoms with van der Waals surface area (Å²) in [7, 11) is 0. The monoisotopic (exact) mass is 371 g/mol. The highest BCUT2D eigenvalue weighted by Gasteiger charge is 2.17. The summed E-state index contributed by atoms with van der Waals surface area (Å²) in [5.41, 5.74) is 0.340. The third-order valence-electron chi connectivity index (χ3n) is 3.60. The lowest BCUT2D eigenvalue weighted by atomic mass is 10.1. The van der Waals surface area contributed by atoms with Crippen LogP contribution in [0.1, 0.15) is 10.4 Å². The molecule has 0 radical (unpaired) electrons. The molecule has 2 aromatic rings. The predicted molar refractivity (Wildman–Crippen MR) is 92.8 cm³/mol. The minimum absolute atomic E-state index is 0.107. The van der Waals surface area contributed by atoms with Crippen molar-refractivity contribution in [2.75, 3.05) is 26.6 Å². The molecular formula is C19H17NO7. The standard InChI is InChI=1S/C19H17NO7/c21-15(13-6-7-16-17(8-13)27-12-26-16)10-25-19(23)9-20-18(22)11-24-14-4-2-1-3-5-14/h1-8H,9-12H2,(H,20,22). The van der Waals surface area contributed by atoms with E-state index in [2.05, 4.69) is 5.32 Å². The number of carbonyl (C=O) groups is 3. The number of hydrogen-bond acceptors (Lipinski definition) is 7. The first-order chi connectivity index (χ1) is 13.1. The summed E-state index contributed by atoms with van der Waals surface area (Å²) < 4.78 is 20.5. The van der Waals surface area contributed by atoms with Gasteiger partial charge in [-0.15, -0.1) is 0 Å². The van der Waals surface area contributed by atoms with Crippen LogP contribution in [0, 0.1) is 0 Å². The van der Waals surface area contributed by atoms with E-state index in [1.807, 2.05) is 6.07 Å². The molecule has 0 aromatic heterocycles. The Labute approximate surface area is 155 Å². The Morgan fingerprint density at radius 3 is 2.56 bits per heavy atom. The van der Waals surface area contributed by atoms with Crippen LogP contribution in [0.2, 0.25) is 0 Å². The van der Waals surface area contributed by atoms with Gasteiger partial charge in [0.05, 0.1) is 0 Å². The Balaban J connectivity index is 1.36. The van der Waals surface area contributed by atoms with Crippen molar-refractivity contribution < 1.29 is 33.3 Å². The van der Waals surface area contributed by atoms with Crippen molar-refractivity contribution >= 4 is 17.7 Å².